The van der Waals surface area contributed by atoms with E-state index in [0.29, 0.717) is 0 Å². The van der Waals surface area contributed by atoms with Gasteiger partial charge in [0, 0.05) is 0 Å². The van der Waals surface area contributed by atoms with Crippen LogP contribution >= 0.6 is 0 Å². The van der Waals surface area contributed by atoms with Crippen LogP contribution in [0, 0.1) is 0 Å². The average Bonchev–Trinajstić information content (AvgIpc) is 1.98. The minimum Gasteiger partial charge on any atom is -0.459 e. The van der Waals surface area contributed by atoms with E-state index in [2.05, 4.69) is 4.74 Å². The molecule has 0 saturated heterocycles. The molecule has 0 radical (unpaired) electrons. The first-order valence-corrected chi connectivity index (χ1v) is 2.79. The lowest BCUT2D eigenvalue weighted by Gasteiger charge is -2.17. The Bertz CT molecular complexity index is 119. The van der Waals surface area contributed by atoms with Gasteiger partial charge in [0.05, 0.1) is 6.61 Å². The van der Waals surface area contributed by atoms with Gasteiger partial charge in [0.15, 0.2) is 12.2 Å². The third-order valence-corrected chi connectivity index (χ3v) is 1.05. The lowest BCUT2D eigenvalue weighted by atomic mass is 10.2. The summed E-state index contributed by atoms with van der Waals surface area (Å²) in [5.41, 5.74) is 0. The molecular formula is C5H8F2O4. The molecule has 2 atom stereocenters. The molecule has 0 aliphatic heterocycles. The van der Waals surface area contributed by atoms with Crippen molar-refractivity contribution in [3.8, 4) is 0 Å². The van der Waals surface area contributed by atoms with E-state index in [9.17, 15) is 13.6 Å². The number of ether oxygens (including phenoxy) is 1. The second-order valence-corrected chi connectivity index (χ2v) is 1.78. The van der Waals surface area contributed by atoms with E-state index in [1.165, 1.54) is 0 Å². The van der Waals surface area contributed by atoms with E-state index in [1.807, 2.05) is 0 Å². The SMILES string of the molecule is O=CO[C@H](CO)[C@H](O)C(F)F. The number of rotatable bonds is 5. The van der Waals surface area contributed by atoms with Crippen LogP contribution in [-0.4, -0.2) is 41.9 Å². The minimum atomic E-state index is -3.04. The van der Waals surface area contributed by atoms with Gasteiger partial charge >= 0.3 is 0 Å². The Morgan fingerprint density at radius 3 is 2.36 bits per heavy atom. The maximum absolute atomic E-state index is 11.6. The number of alkyl halides is 2. The molecule has 0 aromatic rings. The molecule has 0 saturated carbocycles. The Balaban J connectivity index is 3.90. The molecule has 0 fully saturated rings. The molecule has 4 nitrogen and oxygen atoms in total. The van der Waals surface area contributed by atoms with Crippen molar-refractivity contribution < 1.29 is 28.5 Å². The molecule has 6 heteroatoms. The summed E-state index contributed by atoms with van der Waals surface area (Å²) in [4.78, 5) is 9.61. The maximum Gasteiger partial charge on any atom is 0.293 e. The molecular weight excluding hydrogens is 162 g/mol. The summed E-state index contributed by atoms with van der Waals surface area (Å²) >= 11 is 0. The van der Waals surface area contributed by atoms with Crippen LogP contribution in [0.15, 0.2) is 0 Å². The molecule has 0 aromatic heterocycles. The highest BCUT2D eigenvalue weighted by atomic mass is 19.3. The highest BCUT2D eigenvalue weighted by molar-refractivity contribution is 5.37. The zero-order chi connectivity index (χ0) is 8.85. The Kier molecular flexibility index (Phi) is 4.64. The Labute approximate surface area is 61.4 Å². The van der Waals surface area contributed by atoms with E-state index in [0.717, 1.165) is 0 Å². The van der Waals surface area contributed by atoms with Crippen molar-refractivity contribution in [2.45, 2.75) is 18.6 Å². The molecule has 0 aliphatic carbocycles. The molecule has 2 N–H and O–H groups in total. The van der Waals surface area contributed by atoms with Gasteiger partial charge in [-0.3, -0.25) is 4.79 Å². The first-order chi connectivity index (χ1) is 5.13. The second-order valence-electron chi connectivity index (χ2n) is 1.78. The fourth-order valence-electron chi connectivity index (χ4n) is 0.465. The van der Waals surface area contributed by atoms with E-state index in [1.54, 1.807) is 0 Å². The molecule has 0 heterocycles. The smallest absolute Gasteiger partial charge is 0.293 e. The fourth-order valence-corrected chi connectivity index (χ4v) is 0.465. The third kappa shape index (κ3) is 3.24. The molecule has 0 aromatic carbocycles. The van der Waals surface area contributed by atoms with Gasteiger partial charge in [-0.1, -0.05) is 0 Å². The topological polar surface area (TPSA) is 66.8 Å². The van der Waals surface area contributed by atoms with Gasteiger partial charge in [-0.15, -0.1) is 0 Å². The predicted octanol–water partition coefficient (Wildman–Crippen LogP) is -0.854. The van der Waals surface area contributed by atoms with Crippen molar-refractivity contribution in [1.29, 1.82) is 0 Å². The van der Waals surface area contributed by atoms with Gasteiger partial charge in [0.2, 0.25) is 0 Å². The Hall–Kier alpha value is -0.750. The molecule has 0 rings (SSSR count). The average molecular weight is 170 g/mol. The normalized spacial score (nSPS) is 16.1. The molecule has 11 heavy (non-hydrogen) atoms. The van der Waals surface area contributed by atoms with Crippen LogP contribution in [0.25, 0.3) is 0 Å². The van der Waals surface area contributed by atoms with E-state index < -0.39 is 25.2 Å². The molecule has 66 valence electrons. The summed E-state index contributed by atoms with van der Waals surface area (Å²) in [6.07, 6.45) is -6.72. The van der Waals surface area contributed by atoms with Crippen LogP contribution in [-0.2, 0) is 9.53 Å². The first-order valence-electron chi connectivity index (χ1n) is 2.79. The van der Waals surface area contributed by atoms with E-state index >= 15 is 0 Å². The second kappa shape index (κ2) is 4.97. The quantitative estimate of drug-likeness (QED) is 0.527. The van der Waals surface area contributed by atoms with Crippen molar-refractivity contribution in [1.82, 2.24) is 0 Å². The standard InChI is InChI=1S/C5H8F2O4/c6-5(7)4(10)3(1-8)11-2-9/h2-5,8,10H,1H2/t3-,4+/m1/s1. The van der Waals surface area contributed by atoms with Gasteiger partial charge in [0.1, 0.15) is 0 Å². The summed E-state index contributed by atoms with van der Waals surface area (Å²) < 4.78 is 27.2. The highest BCUT2D eigenvalue weighted by Gasteiger charge is 2.28. The van der Waals surface area contributed by atoms with Gasteiger partial charge in [-0.05, 0) is 0 Å². The summed E-state index contributed by atoms with van der Waals surface area (Å²) in [7, 11) is 0. The maximum atomic E-state index is 11.6. The molecule has 0 unspecified atom stereocenters. The number of carbonyl (C=O) groups is 1. The highest BCUT2D eigenvalue weighted by Crippen LogP contribution is 2.07. The molecule has 0 aliphatic rings. The minimum absolute atomic E-state index is 0.105. The summed E-state index contributed by atoms with van der Waals surface area (Å²) in [5.74, 6) is 0. The summed E-state index contributed by atoms with van der Waals surface area (Å²) in [5, 5.41) is 16.8. The van der Waals surface area contributed by atoms with E-state index in [-0.39, 0.29) is 6.47 Å². The Morgan fingerprint density at radius 1 is 1.55 bits per heavy atom. The van der Waals surface area contributed by atoms with Crippen molar-refractivity contribution in [2.24, 2.45) is 0 Å². The van der Waals surface area contributed by atoms with Crippen LogP contribution < -0.4 is 0 Å². The first kappa shape index (κ1) is 10.2. The molecule has 0 amide bonds. The number of hydrogen-bond donors (Lipinski definition) is 2. The number of aliphatic hydroxyl groups excluding tert-OH is 2. The lowest BCUT2D eigenvalue weighted by Crippen LogP contribution is -2.37. The van der Waals surface area contributed by atoms with Crippen LogP contribution in [0.5, 0.6) is 0 Å². The molecule has 0 spiro atoms. The van der Waals surface area contributed by atoms with Crippen LogP contribution in [0.2, 0.25) is 0 Å². The van der Waals surface area contributed by atoms with Crippen molar-refractivity contribution in [3.63, 3.8) is 0 Å². The number of hydrogen-bond acceptors (Lipinski definition) is 4. The van der Waals surface area contributed by atoms with Crippen molar-refractivity contribution >= 4 is 6.47 Å². The largest absolute Gasteiger partial charge is 0.459 e. The van der Waals surface area contributed by atoms with Crippen molar-refractivity contribution in [3.05, 3.63) is 0 Å². The number of carbonyl (C=O) groups excluding carboxylic acids is 1. The summed E-state index contributed by atoms with van der Waals surface area (Å²) in [6.45, 7) is -0.934. The molecule has 0 bridgehead atoms. The monoisotopic (exact) mass is 170 g/mol. The van der Waals surface area contributed by atoms with Gasteiger partial charge in [-0.25, -0.2) is 8.78 Å². The number of aliphatic hydroxyl groups is 2. The fraction of sp³-hybridized carbons (Fsp3) is 0.800. The predicted molar refractivity (Wildman–Crippen MR) is 30.0 cm³/mol. The zero-order valence-corrected chi connectivity index (χ0v) is 5.48. The number of halogens is 2. The van der Waals surface area contributed by atoms with Crippen LogP contribution in [0.4, 0.5) is 8.78 Å². The van der Waals surface area contributed by atoms with Crippen LogP contribution in [0.1, 0.15) is 0 Å². The zero-order valence-electron chi connectivity index (χ0n) is 5.48. The van der Waals surface area contributed by atoms with E-state index in [4.69, 9.17) is 10.2 Å². The van der Waals surface area contributed by atoms with Crippen LogP contribution in [0.3, 0.4) is 0 Å². The van der Waals surface area contributed by atoms with Crippen molar-refractivity contribution in [2.75, 3.05) is 6.61 Å². The summed E-state index contributed by atoms with van der Waals surface area (Å²) in [6, 6.07) is 0. The van der Waals surface area contributed by atoms with Gasteiger partial charge in [-0.2, -0.15) is 0 Å². The third-order valence-electron chi connectivity index (χ3n) is 1.05. The lowest BCUT2D eigenvalue weighted by molar-refractivity contribution is -0.151. The Morgan fingerprint density at radius 2 is 2.09 bits per heavy atom. The van der Waals surface area contributed by atoms with Gasteiger partial charge < -0.3 is 14.9 Å². The van der Waals surface area contributed by atoms with Gasteiger partial charge in [0.25, 0.3) is 12.9 Å².